The predicted octanol–water partition coefficient (Wildman–Crippen LogP) is 5.31. The molecule has 1 N–H and O–H groups in total. The summed E-state index contributed by atoms with van der Waals surface area (Å²) in [5, 5.41) is 5.02. The van der Waals surface area contributed by atoms with E-state index in [2.05, 4.69) is 38.2 Å². The van der Waals surface area contributed by atoms with Crippen LogP contribution in [0.1, 0.15) is 35.2 Å². The number of hydrogen-bond acceptors (Lipinski definition) is 1. The van der Waals surface area contributed by atoms with Crippen LogP contribution in [0.2, 0.25) is 10.0 Å². The number of hydrogen-bond donors (Lipinski definition) is 1. The molecule has 0 amide bonds. The molecule has 0 saturated carbocycles. The van der Waals surface area contributed by atoms with Gasteiger partial charge in [0.25, 0.3) is 0 Å². The van der Waals surface area contributed by atoms with Gasteiger partial charge in [0, 0.05) is 10.0 Å². The van der Waals surface area contributed by atoms with Gasteiger partial charge in [0.15, 0.2) is 0 Å². The molecule has 0 aliphatic heterocycles. The van der Waals surface area contributed by atoms with Gasteiger partial charge in [0.05, 0.1) is 6.04 Å². The number of nitrogens with one attached hydrogen (secondary N) is 1. The highest BCUT2D eigenvalue weighted by molar-refractivity contribution is 6.31. The summed E-state index contributed by atoms with van der Waals surface area (Å²) in [6, 6.07) is 12.2. The van der Waals surface area contributed by atoms with E-state index in [0.29, 0.717) is 0 Å². The molecule has 1 atom stereocenters. The van der Waals surface area contributed by atoms with Crippen molar-refractivity contribution in [2.45, 2.75) is 26.8 Å². The predicted molar refractivity (Wildman–Crippen MR) is 87.9 cm³/mol. The average molecular weight is 308 g/mol. The number of aryl methyl sites for hydroxylation is 2. The van der Waals surface area contributed by atoms with Gasteiger partial charge in [-0.1, -0.05) is 48.3 Å². The minimum Gasteiger partial charge on any atom is -0.306 e. The van der Waals surface area contributed by atoms with Crippen LogP contribution < -0.4 is 5.32 Å². The summed E-state index contributed by atoms with van der Waals surface area (Å²) in [4.78, 5) is 0. The van der Waals surface area contributed by atoms with Crippen molar-refractivity contribution >= 4 is 23.2 Å². The van der Waals surface area contributed by atoms with Crippen molar-refractivity contribution in [3.8, 4) is 0 Å². The fourth-order valence-corrected chi connectivity index (χ4v) is 2.85. The van der Waals surface area contributed by atoms with Crippen molar-refractivity contribution in [2.24, 2.45) is 0 Å². The summed E-state index contributed by atoms with van der Waals surface area (Å²) in [7, 11) is 0. The molecule has 0 radical (unpaired) electrons. The maximum atomic E-state index is 6.45. The van der Waals surface area contributed by atoms with Gasteiger partial charge in [0.1, 0.15) is 0 Å². The number of halogens is 2. The van der Waals surface area contributed by atoms with Crippen molar-refractivity contribution in [1.29, 1.82) is 0 Å². The lowest BCUT2D eigenvalue weighted by Crippen LogP contribution is -2.22. The first kappa shape index (κ1) is 15.4. The largest absolute Gasteiger partial charge is 0.306 e. The third kappa shape index (κ3) is 3.35. The second-order valence-electron chi connectivity index (χ2n) is 5.00. The van der Waals surface area contributed by atoms with E-state index in [1.165, 1.54) is 11.1 Å². The Morgan fingerprint density at radius 1 is 1.05 bits per heavy atom. The summed E-state index contributed by atoms with van der Waals surface area (Å²) in [6.07, 6.45) is 0. The third-order valence-electron chi connectivity index (χ3n) is 3.51. The molecule has 0 aliphatic rings. The van der Waals surface area contributed by atoms with E-state index in [-0.39, 0.29) is 6.04 Å². The minimum atomic E-state index is 0.0606. The molecule has 20 heavy (non-hydrogen) atoms. The quantitative estimate of drug-likeness (QED) is 0.807. The average Bonchev–Trinajstić information content (AvgIpc) is 2.40. The summed E-state index contributed by atoms with van der Waals surface area (Å²) in [6.45, 7) is 7.13. The van der Waals surface area contributed by atoms with Gasteiger partial charge in [-0.2, -0.15) is 0 Å². The van der Waals surface area contributed by atoms with E-state index in [1.54, 1.807) is 0 Å². The van der Waals surface area contributed by atoms with Crippen LogP contribution in [0.5, 0.6) is 0 Å². The molecular formula is C17H19Cl2N. The van der Waals surface area contributed by atoms with Gasteiger partial charge >= 0.3 is 0 Å². The highest BCUT2D eigenvalue weighted by atomic mass is 35.5. The molecule has 2 aromatic rings. The zero-order valence-electron chi connectivity index (χ0n) is 12.0. The molecule has 0 spiro atoms. The Kier molecular flexibility index (Phi) is 5.09. The van der Waals surface area contributed by atoms with Crippen LogP contribution in [0.4, 0.5) is 0 Å². The molecule has 0 heterocycles. The Balaban J connectivity index is 2.51. The molecule has 0 aliphatic carbocycles. The van der Waals surface area contributed by atoms with Crippen molar-refractivity contribution in [3.63, 3.8) is 0 Å². The van der Waals surface area contributed by atoms with Crippen molar-refractivity contribution in [1.82, 2.24) is 5.32 Å². The Morgan fingerprint density at radius 2 is 1.75 bits per heavy atom. The third-order valence-corrected chi connectivity index (χ3v) is 4.08. The van der Waals surface area contributed by atoms with Gasteiger partial charge in [-0.05, 0) is 60.8 Å². The first-order valence-electron chi connectivity index (χ1n) is 6.78. The van der Waals surface area contributed by atoms with E-state index in [9.17, 15) is 0 Å². The molecule has 1 nitrogen and oxygen atoms in total. The van der Waals surface area contributed by atoms with E-state index >= 15 is 0 Å². The zero-order valence-corrected chi connectivity index (χ0v) is 13.5. The summed E-state index contributed by atoms with van der Waals surface area (Å²) < 4.78 is 0. The van der Waals surface area contributed by atoms with Crippen molar-refractivity contribution < 1.29 is 0 Å². The molecule has 0 aromatic heterocycles. The Bertz CT molecular complexity index is 608. The Hall–Kier alpha value is -1.02. The van der Waals surface area contributed by atoms with Crippen LogP contribution >= 0.6 is 23.2 Å². The highest BCUT2D eigenvalue weighted by Crippen LogP contribution is 2.31. The molecule has 0 bridgehead atoms. The second-order valence-corrected chi connectivity index (χ2v) is 5.85. The van der Waals surface area contributed by atoms with Gasteiger partial charge in [-0.3, -0.25) is 0 Å². The maximum Gasteiger partial charge on any atom is 0.0592 e. The Labute approximate surface area is 130 Å². The number of benzene rings is 2. The molecule has 0 fully saturated rings. The van der Waals surface area contributed by atoms with Crippen molar-refractivity contribution in [3.05, 3.63) is 68.7 Å². The van der Waals surface area contributed by atoms with Crippen LogP contribution in [0.15, 0.2) is 36.4 Å². The molecule has 106 valence electrons. The van der Waals surface area contributed by atoms with E-state index in [0.717, 1.165) is 27.7 Å². The van der Waals surface area contributed by atoms with E-state index in [4.69, 9.17) is 23.2 Å². The first-order valence-corrected chi connectivity index (χ1v) is 7.54. The van der Waals surface area contributed by atoms with Gasteiger partial charge in [0.2, 0.25) is 0 Å². The molecule has 0 saturated heterocycles. The number of rotatable bonds is 4. The van der Waals surface area contributed by atoms with E-state index in [1.807, 2.05) is 24.3 Å². The van der Waals surface area contributed by atoms with Crippen molar-refractivity contribution in [2.75, 3.05) is 6.54 Å². The van der Waals surface area contributed by atoms with Crippen LogP contribution in [0.25, 0.3) is 0 Å². The van der Waals surface area contributed by atoms with Gasteiger partial charge in [-0.25, -0.2) is 0 Å². The SMILES string of the molecule is CCNC(c1cccc(Cl)c1)c1cc(C)c(C)cc1Cl. The molecule has 1 unspecified atom stereocenters. The van der Waals surface area contributed by atoms with Crippen LogP contribution in [-0.4, -0.2) is 6.54 Å². The molecule has 3 heteroatoms. The second kappa shape index (κ2) is 6.62. The first-order chi connectivity index (χ1) is 9.52. The lowest BCUT2D eigenvalue weighted by Gasteiger charge is -2.21. The smallest absolute Gasteiger partial charge is 0.0592 e. The van der Waals surface area contributed by atoms with Crippen LogP contribution in [-0.2, 0) is 0 Å². The monoisotopic (exact) mass is 307 g/mol. The summed E-state index contributed by atoms with van der Waals surface area (Å²) in [5.74, 6) is 0. The maximum absolute atomic E-state index is 6.45. The van der Waals surface area contributed by atoms with Crippen LogP contribution in [0, 0.1) is 13.8 Å². The van der Waals surface area contributed by atoms with Crippen LogP contribution in [0.3, 0.4) is 0 Å². The standard InChI is InChI=1S/C17H19Cl2N/c1-4-20-17(13-6-5-7-14(18)10-13)15-8-11(2)12(3)9-16(15)19/h5-10,17,20H,4H2,1-3H3. The molecule has 2 aromatic carbocycles. The molecular weight excluding hydrogens is 289 g/mol. The summed E-state index contributed by atoms with van der Waals surface area (Å²) >= 11 is 12.6. The van der Waals surface area contributed by atoms with Gasteiger partial charge in [-0.15, -0.1) is 0 Å². The zero-order chi connectivity index (χ0) is 14.7. The topological polar surface area (TPSA) is 12.0 Å². The minimum absolute atomic E-state index is 0.0606. The van der Waals surface area contributed by atoms with E-state index < -0.39 is 0 Å². The molecule has 2 rings (SSSR count). The fourth-order valence-electron chi connectivity index (χ4n) is 2.32. The highest BCUT2D eigenvalue weighted by Gasteiger charge is 2.17. The summed E-state index contributed by atoms with van der Waals surface area (Å²) in [5.41, 5.74) is 4.68. The lowest BCUT2D eigenvalue weighted by atomic mass is 9.95. The fraction of sp³-hybridized carbons (Fsp3) is 0.294. The Morgan fingerprint density at radius 3 is 2.40 bits per heavy atom. The normalized spacial score (nSPS) is 12.4. The van der Waals surface area contributed by atoms with Gasteiger partial charge < -0.3 is 5.32 Å². The lowest BCUT2D eigenvalue weighted by molar-refractivity contribution is 0.630.